The van der Waals surface area contributed by atoms with Gasteiger partial charge in [-0.2, -0.15) is 0 Å². The second kappa shape index (κ2) is 8.06. The SMILES string of the molecule is CCN(CC)C(=O)C(C)N(C)CCCC(=O)O. The molecule has 0 aromatic heterocycles. The second-order valence-corrected chi connectivity index (χ2v) is 4.16. The van der Waals surface area contributed by atoms with Gasteiger partial charge in [0.25, 0.3) is 0 Å². The molecule has 0 spiro atoms. The topological polar surface area (TPSA) is 60.9 Å². The summed E-state index contributed by atoms with van der Waals surface area (Å²) in [4.78, 5) is 26.1. The van der Waals surface area contributed by atoms with Crippen molar-refractivity contribution in [1.29, 1.82) is 0 Å². The van der Waals surface area contributed by atoms with E-state index < -0.39 is 5.97 Å². The molecule has 0 aromatic rings. The van der Waals surface area contributed by atoms with E-state index >= 15 is 0 Å². The standard InChI is InChI=1S/C12H24N2O3/c1-5-14(6-2)12(17)10(3)13(4)9-7-8-11(15)16/h10H,5-9H2,1-4H3,(H,15,16). The smallest absolute Gasteiger partial charge is 0.303 e. The highest BCUT2D eigenvalue weighted by Crippen LogP contribution is 2.04. The first kappa shape index (κ1) is 15.9. The molecular formula is C12H24N2O3. The zero-order chi connectivity index (χ0) is 13.4. The Morgan fingerprint density at radius 1 is 1.24 bits per heavy atom. The summed E-state index contributed by atoms with van der Waals surface area (Å²) < 4.78 is 0. The summed E-state index contributed by atoms with van der Waals surface area (Å²) in [5, 5.41) is 8.54. The zero-order valence-electron chi connectivity index (χ0n) is 11.3. The predicted octanol–water partition coefficient (Wildman–Crippen LogP) is 1.04. The van der Waals surface area contributed by atoms with Crippen LogP contribution in [0.1, 0.15) is 33.6 Å². The lowest BCUT2D eigenvalue weighted by Crippen LogP contribution is -2.45. The van der Waals surface area contributed by atoms with Gasteiger partial charge in [-0.1, -0.05) is 0 Å². The van der Waals surface area contributed by atoms with Gasteiger partial charge in [-0.15, -0.1) is 0 Å². The van der Waals surface area contributed by atoms with Crippen molar-refractivity contribution in [2.45, 2.75) is 39.7 Å². The van der Waals surface area contributed by atoms with E-state index in [9.17, 15) is 9.59 Å². The van der Waals surface area contributed by atoms with Crippen LogP contribution in [0.2, 0.25) is 0 Å². The van der Waals surface area contributed by atoms with Gasteiger partial charge in [0.2, 0.25) is 5.91 Å². The highest BCUT2D eigenvalue weighted by molar-refractivity contribution is 5.81. The molecule has 0 rings (SSSR count). The van der Waals surface area contributed by atoms with Gasteiger partial charge in [0.1, 0.15) is 0 Å². The van der Waals surface area contributed by atoms with E-state index in [1.807, 2.05) is 32.7 Å². The van der Waals surface area contributed by atoms with Crippen molar-refractivity contribution >= 4 is 11.9 Å². The number of hydrogen-bond donors (Lipinski definition) is 1. The van der Waals surface area contributed by atoms with E-state index in [4.69, 9.17) is 5.11 Å². The molecular weight excluding hydrogens is 220 g/mol. The second-order valence-electron chi connectivity index (χ2n) is 4.16. The summed E-state index contributed by atoms with van der Waals surface area (Å²) in [6.45, 7) is 7.82. The Morgan fingerprint density at radius 2 is 1.76 bits per heavy atom. The molecule has 0 heterocycles. The van der Waals surface area contributed by atoms with Gasteiger partial charge in [0.05, 0.1) is 6.04 Å². The van der Waals surface area contributed by atoms with Crippen molar-refractivity contribution in [2.24, 2.45) is 0 Å². The van der Waals surface area contributed by atoms with Crippen LogP contribution in [0.3, 0.4) is 0 Å². The highest BCUT2D eigenvalue weighted by Gasteiger charge is 2.21. The number of hydrogen-bond acceptors (Lipinski definition) is 3. The molecule has 1 atom stereocenters. The Hall–Kier alpha value is -1.10. The molecule has 0 aliphatic carbocycles. The van der Waals surface area contributed by atoms with Crippen molar-refractivity contribution in [3.63, 3.8) is 0 Å². The van der Waals surface area contributed by atoms with Gasteiger partial charge in [-0.25, -0.2) is 0 Å². The largest absolute Gasteiger partial charge is 0.481 e. The Labute approximate surface area is 103 Å². The van der Waals surface area contributed by atoms with Crippen LogP contribution in [-0.4, -0.2) is 59.5 Å². The summed E-state index contributed by atoms with van der Waals surface area (Å²) in [5.41, 5.74) is 0. The van der Waals surface area contributed by atoms with E-state index in [0.717, 1.165) is 0 Å². The normalized spacial score (nSPS) is 12.5. The molecule has 0 fully saturated rings. The Balaban J connectivity index is 4.14. The summed E-state index contributed by atoms with van der Waals surface area (Å²) in [6.07, 6.45) is 0.720. The molecule has 0 aromatic carbocycles. The first-order valence-corrected chi connectivity index (χ1v) is 6.14. The number of nitrogens with zero attached hydrogens (tertiary/aromatic N) is 2. The first-order valence-electron chi connectivity index (χ1n) is 6.14. The lowest BCUT2D eigenvalue weighted by atomic mass is 10.2. The minimum atomic E-state index is -0.791. The number of likely N-dealkylation sites (N-methyl/N-ethyl adjacent to an activating group) is 2. The van der Waals surface area contributed by atoms with E-state index in [0.29, 0.717) is 26.1 Å². The molecule has 0 saturated heterocycles. The number of rotatable bonds is 8. The van der Waals surface area contributed by atoms with Gasteiger partial charge in [0, 0.05) is 19.5 Å². The third-order valence-electron chi connectivity index (χ3n) is 3.00. The number of aliphatic carboxylic acids is 1. The average Bonchev–Trinajstić information content (AvgIpc) is 2.28. The van der Waals surface area contributed by atoms with Gasteiger partial charge < -0.3 is 10.0 Å². The fraction of sp³-hybridized carbons (Fsp3) is 0.833. The quantitative estimate of drug-likeness (QED) is 0.693. The predicted molar refractivity (Wildman–Crippen MR) is 66.9 cm³/mol. The number of carboxylic acid groups (broad SMARTS) is 1. The molecule has 5 heteroatoms. The Morgan fingerprint density at radius 3 is 2.18 bits per heavy atom. The highest BCUT2D eigenvalue weighted by atomic mass is 16.4. The molecule has 100 valence electrons. The molecule has 1 N–H and O–H groups in total. The molecule has 0 bridgehead atoms. The van der Waals surface area contributed by atoms with Crippen LogP contribution in [0.25, 0.3) is 0 Å². The maximum atomic E-state index is 12.0. The lowest BCUT2D eigenvalue weighted by molar-refractivity contribution is -0.137. The first-order chi connectivity index (χ1) is 7.93. The zero-order valence-corrected chi connectivity index (χ0v) is 11.3. The van der Waals surface area contributed by atoms with Crippen molar-refractivity contribution in [1.82, 2.24) is 9.80 Å². The summed E-state index contributed by atoms with van der Waals surface area (Å²) in [7, 11) is 1.86. The fourth-order valence-electron chi connectivity index (χ4n) is 1.66. The molecule has 0 aliphatic heterocycles. The Kier molecular flexibility index (Phi) is 7.54. The van der Waals surface area contributed by atoms with Gasteiger partial charge in [0.15, 0.2) is 0 Å². The van der Waals surface area contributed by atoms with Crippen LogP contribution in [0.4, 0.5) is 0 Å². The van der Waals surface area contributed by atoms with Crippen LogP contribution in [0, 0.1) is 0 Å². The van der Waals surface area contributed by atoms with E-state index in [1.165, 1.54) is 0 Å². The fourth-order valence-corrected chi connectivity index (χ4v) is 1.66. The molecule has 1 unspecified atom stereocenters. The minimum Gasteiger partial charge on any atom is -0.481 e. The van der Waals surface area contributed by atoms with Crippen molar-refractivity contribution in [2.75, 3.05) is 26.7 Å². The van der Waals surface area contributed by atoms with Gasteiger partial charge in [-0.05, 0) is 40.8 Å². The summed E-state index contributed by atoms with van der Waals surface area (Å²) in [5.74, 6) is -0.686. The lowest BCUT2D eigenvalue weighted by Gasteiger charge is -2.29. The van der Waals surface area contributed by atoms with Gasteiger partial charge in [-0.3, -0.25) is 14.5 Å². The van der Waals surface area contributed by atoms with E-state index in [2.05, 4.69) is 0 Å². The number of amides is 1. The number of carbonyl (C=O) groups is 2. The maximum absolute atomic E-state index is 12.0. The van der Waals surface area contributed by atoms with Crippen molar-refractivity contribution < 1.29 is 14.7 Å². The van der Waals surface area contributed by atoms with Crippen LogP contribution in [0.15, 0.2) is 0 Å². The summed E-state index contributed by atoms with van der Waals surface area (Å²) >= 11 is 0. The average molecular weight is 244 g/mol. The van der Waals surface area contributed by atoms with Gasteiger partial charge >= 0.3 is 5.97 Å². The third kappa shape index (κ3) is 5.68. The Bertz CT molecular complexity index is 252. The molecule has 0 saturated carbocycles. The van der Waals surface area contributed by atoms with Crippen LogP contribution < -0.4 is 0 Å². The van der Waals surface area contributed by atoms with E-state index in [1.54, 1.807) is 4.90 Å². The van der Waals surface area contributed by atoms with Crippen LogP contribution in [0.5, 0.6) is 0 Å². The molecule has 0 radical (unpaired) electrons. The van der Waals surface area contributed by atoms with Crippen molar-refractivity contribution in [3.05, 3.63) is 0 Å². The number of carbonyl (C=O) groups excluding carboxylic acids is 1. The number of carboxylic acids is 1. The monoisotopic (exact) mass is 244 g/mol. The maximum Gasteiger partial charge on any atom is 0.303 e. The minimum absolute atomic E-state index is 0.104. The molecule has 5 nitrogen and oxygen atoms in total. The third-order valence-corrected chi connectivity index (χ3v) is 3.00. The van der Waals surface area contributed by atoms with Crippen LogP contribution >= 0.6 is 0 Å². The summed E-state index contributed by atoms with van der Waals surface area (Å²) in [6, 6.07) is -0.191. The molecule has 0 aliphatic rings. The molecule has 1 amide bonds. The van der Waals surface area contributed by atoms with Crippen LogP contribution in [-0.2, 0) is 9.59 Å². The van der Waals surface area contributed by atoms with E-state index in [-0.39, 0.29) is 18.4 Å². The van der Waals surface area contributed by atoms with Crippen molar-refractivity contribution in [3.8, 4) is 0 Å². The molecule has 17 heavy (non-hydrogen) atoms.